The molecule has 0 nitrogen and oxygen atoms in total. The van der Waals surface area contributed by atoms with E-state index >= 15 is 0 Å². The number of hydrogen-bond acceptors (Lipinski definition) is 0. The van der Waals surface area contributed by atoms with Crippen molar-refractivity contribution < 1.29 is 0 Å². The predicted octanol–water partition coefficient (Wildman–Crippen LogP) is 9.17. The Morgan fingerprint density at radius 3 is 2.47 bits per heavy atom. The zero-order valence-corrected chi connectivity index (χ0v) is 21.6. The molecule has 5 rings (SSSR count). The number of rotatable bonds is 3. The first-order chi connectivity index (χ1) is 15.2. The van der Waals surface area contributed by atoms with E-state index in [1.165, 1.54) is 68.1 Å². The van der Waals surface area contributed by atoms with Crippen molar-refractivity contribution in [3.05, 3.63) is 52.6 Å². The van der Waals surface area contributed by atoms with E-state index in [0.717, 1.165) is 29.6 Å². The Morgan fingerprint density at radius 1 is 0.969 bits per heavy atom. The molecule has 0 spiro atoms. The summed E-state index contributed by atoms with van der Waals surface area (Å²) in [6.07, 6.45) is 19.2. The largest absolute Gasteiger partial charge is 0.0845 e. The molecule has 4 aliphatic carbocycles. The average molecular weight is 431 g/mol. The molecule has 0 N–H and O–H groups in total. The SMILES string of the molecule is Cc1cccc(C)c1/C=C/[C@@H](C)[C@H]1CC[C@H]2[C@@H]3CC=C4C[C@@H](C)CC[C@]4(C)[C@H]3CC[C@]12C. The fourth-order valence-electron chi connectivity index (χ4n) is 9.22. The van der Waals surface area contributed by atoms with E-state index in [2.05, 4.69) is 78.0 Å². The molecule has 0 radical (unpaired) electrons. The van der Waals surface area contributed by atoms with Gasteiger partial charge in [-0.05, 0) is 128 Å². The van der Waals surface area contributed by atoms with Gasteiger partial charge >= 0.3 is 0 Å². The number of benzene rings is 1. The lowest BCUT2D eigenvalue weighted by atomic mass is 9.46. The quantitative estimate of drug-likeness (QED) is 0.419. The molecule has 0 aromatic heterocycles. The van der Waals surface area contributed by atoms with Gasteiger partial charge in [0.15, 0.2) is 0 Å². The summed E-state index contributed by atoms with van der Waals surface area (Å²) >= 11 is 0. The van der Waals surface area contributed by atoms with E-state index in [0.29, 0.717) is 16.7 Å². The summed E-state index contributed by atoms with van der Waals surface area (Å²) < 4.78 is 0. The van der Waals surface area contributed by atoms with Gasteiger partial charge in [0.25, 0.3) is 0 Å². The first-order valence-corrected chi connectivity index (χ1v) is 13.7. The molecule has 0 aliphatic heterocycles. The Balaban J connectivity index is 1.36. The minimum absolute atomic E-state index is 0.517. The highest BCUT2D eigenvalue weighted by atomic mass is 14.6. The van der Waals surface area contributed by atoms with Crippen LogP contribution in [0, 0.1) is 60.2 Å². The molecule has 3 saturated carbocycles. The lowest BCUT2D eigenvalue weighted by molar-refractivity contribution is -0.0486. The summed E-state index contributed by atoms with van der Waals surface area (Å²) in [5.41, 5.74) is 7.15. The Kier molecular flexibility index (Phi) is 5.75. The van der Waals surface area contributed by atoms with Crippen molar-refractivity contribution >= 4 is 6.08 Å². The average Bonchev–Trinajstić information content (AvgIpc) is 3.11. The zero-order valence-electron chi connectivity index (χ0n) is 21.6. The summed E-state index contributed by atoms with van der Waals surface area (Å²) in [4.78, 5) is 0. The molecule has 8 atom stereocenters. The summed E-state index contributed by atoms with van der Waals surface area (Å²) in [6, 6.07) is 6.69. The second-order valence-corrected chi connectivity index (χ2v) is 12.9. The minimum atomic E-state index is 0.517. The topological polar surface area (TPSA) is 0 Å². The molecule has 0 amide bonds. The molecule has 1 aromatic rings. The molecular formula is C32H46. The van der Waals surface area contributed by atoms with Gasteiger partial charge in [0, 0.05) is 0 Å². The number of allylic oxidation sites excluding steroid dienone is 3. The second-order valence-electron chi connectivity index (χ2n) is 12.9. The highest BCUT2D eigenvalue weighted by molar-refractivity contribution is 5.57. The van der Waals surface area contributed by atoms with Gasteiger partial charge in [-0.3, -0.25) is 0 Å². The molecule has 0 saturated heterocycles. The van der Waals surface area contributed by atoms with Crippen LogP contribution in [0.1, 0.15) is 95.8 Å². The monoisotopic (exact) mass is 430 g/mol. The number of hydrogen-bond donors (Lipinski definition) is 0. The predicted molar refractivity (Wildman–Crippen MR) is 138 cm³/mol. The van der Waals surface area contributed by atoms with Crippen LogP contribution in [0.2, 0.25) is 0 Å². The van der Waals surface area contributed by atoms with Crippen LogP contribution in [0.4, 0.5) is 0 Å². The van der Waals surface area contributed by atoms with E-state index in [1.54, 1.807) is 0 Å². The van der Waals surface area contributed by atoms with Gasteiger partial charge in [-0.1, -0.05) is 69.7 Å². The van der Waals surface area contributed by atoms with Crippen molar-refractivity contribution in [2.75, 3.05) is 0 Å². The van der Waals surface area contributed by atoms with Crippen molar-refractivity contribution in [3.63, 3.8) is 0 Å². The maximum absolute atomic E-state index is 2.74. The molecule has 0 heterocycles. The smallest absolute Gasteiger partial charge is 0.00851 e. The maximum atomic E-state index is 2.74. The van der Waals surface area contributed by atoms with Gasteiger partial charge < -0.3 is 0 Å². The van der Waals surface area contributed by atoms with E-state index in [9.17, 15) is 0 Å². The van der Waals surface area contributed by atoms with E-state index in [4.69, 9.17) is 0 Å². The molecule has 32 heavy (non-hydrogen) atoms. The maximum Gasteiger partial charge on any atom is -0.00851 e. The van der Waals surface area contributed by atoms with Crippen molar-refractivity contribution in [3.8, 4) is 0 Å². The van der Waals surface area contributed by atoms with Crippen molar-refractivity contribution in [2.45, 2.75) is 92.9 Å². The highest BCUT2D eigenvalue weighted by Crippen LogP contribution is 2.67. The van der Waals surface area contributed by atoms with E-state index in [1.807, 2.05) is 5.57 Å². The van der Waals surface area contributed by atoms with Crippen LogP contribution in [-0.2, 0) is 0 Å². The van der Waals surface area contributed by atoms with Crippen molar-refractivity contribution in [1.29, 1.82) is 0 Å². The van der Waals surface area contributed by atoms with Gasteiger partial charge in [-0.2, -0.15) is 0 Å². The molecule has 174 valence electrons. The first kappa shape index (κ1) is 22.5. The van der Waals surface area contributed by atoms with Gasteiger partial charge in [-0.15, -0.1) is 0 Å². The molecule has 0 unspecified atom stereocenters. The molecule has 4 aliphatic rings. The van der Waals surface area contributed by atoms with Crippen LogP contribution < -0.4 is 0 Å². The third-order valence-corrected chi connectivity index (χ3v) is 11.2. The normalized spacial score (nSPS) is 42.2. The molecular weight excluding hydrogens is 384 g/mol. The Bertz CT molecular complexity index is 898. The molecule has 0 bridgehead atoms. The molecule has 3 fully saturated rings. The molecule has 1 aromatic carbocycles. The van der Waals surface area contributed by atoms with Gasteiger partial charge in [-0.25, -0.2) is 0 Å². The summed E-state index contributed by atoms with van der Waals surface area (Å²) in [5, 5.41) is 0. The van der Waals surface area contributed by atoms with Gasteiger partial charge in [0.2, 0.25) is 0 Å². The Labute approximate surface area is 198 Å². The van der Waals surface area contributed by atoms with Crippen molar-refractivity contribution in [2.24, 2.45) is 46.3 Å². The van der Waals surface area contributed by atoms with Crippen LogP contribution in [0.25, 0.3) is 6.08 Å². The summed E-state index contributed by atoms with van der Waals surface area (Å²) in [5.74, 6) is 5.25. The lowest BCUT2D eigenvalue weighted by Gasteiger charge is -2.58. The van der Waals surface area contributed by atoms with Crippen LogP contribution >= 0.6 is 0 Å². The van der Waals surface area contributed by atoms with E-state index in [-0.39, 0.29) is 0 Å². The zero-order chi connectivity index (χ0) is 22.7. The van der Waals surface area contributed by atoms with E-state index < -0.39 is 0 Å². The second kappa shape index (κ2) is 8.18. The van der Waals surface area contributed by atoms with Gasteiger partial charge in [0.1, 0.15) is 0 Å². The first-order valence-electron chi connectivity index (χ1n) is 13.7. The summed E-state index contributed by atoms with van der Waals surface area (Å²) in [7, 11) is 0. The third kappa shape index (κ3) is 3.47. The number of aryl methyl sites for hydroxylation is 2. The van der Waals surface area contributed by atoms with Crippen molar-refractivity contribution in [1.82, 2.24) is 0 Å². The van der Waals surface area contributed by atoms with Crippen LogP contribution in [0.5, 0.6) is 0 Å². The fourth-order valence-corrected chi connectivity index (χ4v) is 9.22. The number of fused-ring (bicyclic) bond motifs is 5. The lowest BCUT2D eigenvalue weighted by Crippen LogP contribution is -2.50. The van der Waals surface area contributed by atoms with Crippen LogP contribution in [0.3, 0.4) is 0 Å². The van der Waals surface area contributed by atoms with Crippen LogP contribution in [0.15, 0.2) is 35.9 Å². The minimum Gasteiger partial charge on any atom is -0.0845 e. The highest BCUT2D eigenvalue weighted by Gasteiger charge is 2.58. The fraction of sp³-hybridized carbons (Fsp3) is 0.688. The molecule has 0 heteroatoms. The van der Waals surface area contributed by atoms with Crippen LogP contribution in [-0.4, -0.2) is 0 Å². The van der Waals surface area contributed by atoms with Gasteiger partial charge in [0.05, 0.1) is 0 Å². The Hall–Kier alpha value is -1.30. The Morgan fingerprint density at radius 2 is 1.72 bits per heavy atom. The summed E-state index contributed by atoms with van der Waals surface area (Å²) in [6.45, 7) is 14.8. The third-order valence-electron chi connectivity index (χ3n) is 11.2. The standard InChI is InChI=1S/C32H46/c1-21-16-18-31(5)25(20-21)11-13-27-29-15-14-28(32(29,6)19-17-30(27)31)24(4)10-12-26-22(2)8-7-9-23(26)3/h7-12,21,24,27-30H,13-20H2,1-6H3/b12-10+/t21-,24+,27-,28+,29-,30-,31-,32+/m0/s1.